The van der Waals surface area contributed by atoms with E-state index < -0.39 is 16.8 Å². The lowest BCUT2D eigenvalue weighted by atomic mass is 10.0. The average Bonchev–Trinajstić information content (AvgIpc) is 2.47. The Morgan fingerprint density at radius 3 is 2.45 bits per heavy atom. The van der Waals surface area contributed by atoms with E-state index in [9.17, 15) is 20.3 Å². The fourth-order valence-electron chi connectivity index (χ4n) is 2.07. The van der Waals surface area contributed by atoms with Gasteiger partial charge in [-0.3, -0.25) is 10.1 Å². The highest BCUT2D eigenvalue weighted by molar-refractivity contribution is 6.42. The lowest BCUT2D eigenvalue weighted by Gasteiger charge is -2.11. The van der Waals surface area contributed by atoms with Crippen LogP contribution in [-0.2, 0) is 6.42 Å². The lowest BCUT2D eigenvalue weighted by molar-refractivity contribution is -0.385. The molecule has 2 aromatic carbocycles. The third-order valence-electron chi connectivity index (χ3n) is 3.27. The molecule has 0 bridgehead atoms. The van der Waals surface area contributed by atoms with Gasteiger partial charge in [-0.2, -0.15) is 0 Å². The van der Waals surface area contributed by atoms with Gasteiger partial charge in [-0.15, -0.1) is 0 Å². The number of aryl methyl sites for hydroxylation is 1. The second-order valence-electron chi connectivity index (χ2n) is 4.81. The van der Waals surface area contributed by atoms with E-state index >= 15 is 0 Å². The zero-order valence-electron chi connectivity index (χ0n) is 11.4. The van der Waals surface area contributed by atoms with Crippen molar-refractivity contribution in [1.29, 1.82) is 0 Å². The maximum Gasteiger partial charge on any atom is 0.310 e. The number of aromatic hydroxyl groups is 1. The number of phenolic OH excluding ortho intramolecular Hbond substituents is 1. The number of phenols is 1. The van der Waals surface area contributed by atoms with Gasteiger partial charge in [0.15, 0.2) is 5.75 Å². The first-order chi connectivity index (χ1) is 10.4. The van der Waals surface area contributed by atoms with Crippen molar-refractivity contribution in [2.24, 2.45) is 0 Å². The van der Waals surface area contributed by atoms with Gasteiger partial charge in [0.1, 0.15) is 0 Å². The van der Waals surface area contributed by atoms with Crippen LogP contribution in [0.4, 0.5) is 5.69 Å². The molecular formula is C15H13Cl2NO4. The standard InChI is InChI=1S/C15H13Cl2NO4/c16-11-4-1-9(7-12(11)17)2-6-14(19)10-3-5-13(18(21)22)15(20)8-10/h1,3-5,7-8,14,19-20H,2,6H2. The van der Waals surface area contributed by atoms with Crippen LogP contribution in [0.3, 0.4) is 0 Å². The fourth-order valence-corrected chi connectivity index (χ4v) is 2.39. The van der Waals surface area contributed by atoms with Gasteiger partial charge in [0.05, 0.1) is 21.1 Å². The smallest absolute Gasteiger partial charge is 0.310 e. The van der Waals surface area contributed by atoms with Crippen molar-refractivity contribution in [3.63, 3.8) is 0 Å². The minimum atomic E-state index is -0.846. The SMILES string of the molecule is O=[N+]([O-])c1ccc(C(O)CCc2ccc(Cl)c(Cl)c2)cc1O. The highest BCUT2D eigenvalue weighted by Crippen LogP contribution is 2.30. The monoisotopic (exact) mass is 341 g/mol. The Morgan fingerprint density at radius 1 is 1.14 bits per heavy atom. The summed E-state index contributed by atoms with van der Waals surface area (Å²) >= 11 is 11.8. The van der Waals surface area contributed by atoms with Gasteiger partial charge in [0, 0.05) is 6.07 Å². The number of nitro groups is 1. The molecule has 0 fully saturated rings. The number of hydrogen-bond acceptors (Lipinski definition) is 4. The summed E-state index contributed by atoms with van der Waals surface area (Å²) in [7, 11) is 0. The first-order valence-electron chi connectivity index (χ1n) is 6.48. The Labute approximate surface area is 136 Å². The molecule has 0 saturated heterocycles. The number of nitro benzene ring substituents is 1. The van der Waals surface area contributed by atoms with Crippen LogP contribution in [0.2, 0.25) is 10.0 Å². The van der Waals surface area contributed by atoms with Crippen molar-refractivity contribution in [3.8, 4) is 5.75 Å². The van der Waals surface area contributed by atoms with Crippen LogP contribution in [0.5, 0.6) is 5.75 Å². The van der Waals surface area contributed by atoms with E-state index in [1.165, 1.54) is 18.2 Å². The molecule has 1 unspecified atom stereocenters. The Morgan fingerprint density at radius 2 is 1.86 bits per heavy atom. The van der Waals surface area contributed by atoms with Crippen LogP contribution >= 0.6 is 23.2 Å². The van der Waals surface area contributed by atoms with Crippen LogP contribution in [0.25, 0.3) is 0 Å². The Bertz CT molecular complexity index is 706. The minimum absolute atomic E-state index is 0.384. The van der Waals surface area contributed by atoms with Crippen molar-refractivity contribution in [1.82, 2.24) is 0 Å². The molecule has 0 heterocycles. The highest BCUT2D eigenvalue weighted by atomic mass is 35.5. The number of nitrogens with zero attached hydrogens (tertiary/aromatic N) is 1. The van der Waals surface area contributed by atoms with Crippen LogP contribution in [0.15, 0.2) is 36.4 Å². The van der Waals surface area contributed by atoms with Gasteiger partial charge in [-0.25, -0.2) is 0 Å². The predicted molar refractivity (Wildman–Crippen MR) is 84.5 cm³/mol. The summed E-state index contributed by atoms with van der Waals surface area (Å²) in [4.78, 5) is 9.95. The van der Waals surface area contributed by atoms with E-state index in [4.69, 9.17) is 23.2 Å². The Kier molecular flexibility index (Phi) is 5.24. The third kappa shape index (κ3) is 3.88. The Balaban J connectivity index is 2.05. The van der Waals surface area contributed by atoms with Crippen LogP contribution in [-0.4, -0.2) is 15.1 Å². The van der Waals surface area contributed by atoms with Gasteiger partial charge in [0.25, 0.3) is 0 Å². The summed E-state index contributed by atoms with van der Waals surface area (Å²) in [6, 6.07) is 9.03. The van der Waals surface area contributed by atoms with Gasteiger partial charge in [-0.05, 0) is 48.2 Å². The van der Waals surface area contributed by atoms with Crippen molar-refractivity contribution in [3.05, 3.63) is 67.7 Å². The average molecular weight is 342 g/mol. The van der Waals surface area contributed by atoms with Crippen molar-refractivity contribution in [2.75, 3.05) is 0 Å². The molecule has 116 valence electrons. The number of rotatable bonds is 5. The molecule has 5 nitrogen and oxygen atoms in total. The molecule has 0 aliphatic rings. The number of halogens is 2. The molecule has 2 N–H and O–H groups in total. The number of benzene rings is 2. The first kappa shape index (κ1) is 16.5. The van der Waals surface area contributed by atoms with Crippen LogP contribution < -0.4 is 0 Å². The fraction of sp³-hybridized carbons (Fsp3) is 0.200. The molecule has 0 radical (unpaired) electrons. The van der Waals surface area contributed by atoms with Crippen LogP contribution in [0.1, 0.15) is 23.7 Å². The minimum Gasteiger partial charge on any atom is -0.502 e. The first-order valence-corrected chi connectivity index (χ1v) is 7.23. The molecule has 0 aliphatic heterocycles. The second kappa shape index (κ2) is 6.96. The molecule has 0 amide bonds. The molecule has 22 heavy (non-hydrogen) atoms. The number of aliphatic hydroxyl groups is 1. The van der Waals surface area contributed by atoms with E-state index in [0.29, 0.717) is 28.5 Å². The summed E-state index contributed by atoms with van der Waals surface area (Å²) in [6.45, 7) is 0. The normalized spacial score (nSPS) is 12.1. The largest absolute Gasteiger partial charge is 0.502 e. The van der Waals surface area contributed by atoms with E-state index in [0.717, 1.165) is 5.56 Å². The third-order valence-corrected chi connectivity index (χ3v) is 4.01. The zero-order chi connectivity index (χ0) is 16.3. The summed E-state index contributed by atoms with van der Waals surface area (Å²) in [5.74, 6) is -0.462. The molecule has 2 aromatic rings. The van der Waals surface area contributed by atoms with E-state index in [-0.39, 0.29) is 5.69 Å². The molecular weight excluding hydrogens is 329 g/mol. The maximum atomic E-state index is 10.6. The number of aliphatic hydroxyl groups excluding tert-OH is 1. The predicted octanol–water partition coefficient (Wildman–Crippen LogP) is 4.27. The summed E-state index contributed by atoms with van der Waals surface area (Å²) in [5.41, 5.74) is 0.947. The van der Waals surface area contributed by atoms with E-state index in [2.05, 4.69) is 0 Å². The molecule has 1 atom stereocenters. The van der Waals surface area contributed by atoms with Crippen molar-refractivity contribution >= 4 is 28.9 Å². The Hall–Kier alpha value is -1.82. The van der Waals surface area contributed by atoms with Gasteiger partial charge >= 0.3 is 5.69 Å². The molecule has 0 spiro atoms. The second-order valence-corrected chi connectivity index (χ2v) is 5.62. The van der Waals surface area contributed by atoms with Crippen molar-refractivity contribution in [2.45, 2.75) is 18.9 Å². The summed E-state index contributed by atoms with van der Waals surface area (Å²) in [5, 5.41) is 31.2. The summed E-state index contributed by atoms with van der Waals surface area (Å²) < 4.78 is 0. The quantitative estimate of drug-likeness (QED) is 0.628. The summed E-state index contributed by atoms with van der Waals surface area (Å²) in [6.07, 6.45) is 0.0894. The van der Waals surface area contributed by atoms with Gasteiger partial charge in [-0.1, -0.05) is 29.3 Å². The molecule has 2 rings (SSSR count). The van der Waals surface area contributed by atoms with Crippen LogP contribution in [0, 0.1) is 10.1 Å². The number of hydrogen-bond donors (Lipinski definition) is 2. The van der Waals surface area contributed by atoms with Gasteiger partial charge < -0.3 is 10.2 Å². The lowest BCUT2D eigenvalue weighted by Crippen LogP contribution is -2.00. The topological polar surface area (TPSA) is 83.6 Å². The zero-order valence-corrected chi connectivity index (χ0v) is 12.9. The molecule has 0 saturated carbocycles. The molecule has 0 aliphatic carbocycles. The highest BCUT2D eigenvalue weighted by Gasteiger charge is 2.16. The molecule has 7 heteroatoms. The van der Waals surface area contributed by atoms with Crippen molar-refractivity contribution < 1.29 is 15.1 Å². The van der Waals surface area contributed by atoms with E-state index in [1.807, 2.05) is 6.07 Å². The maximum absolute atomic E-state index is 10.6. The molecule has 0 aromatic heterocycles. The van der Waals surface area contributed by atoms with Gasteiger partial charge in [0.2, 0.25) is 0 Å². The van der Waals surface area contributed by atoms with E-state index in [1.54, 1.807) is 12.1 Å².